The van der Waals surface area contributed by atoms with Crippen LogP contribution in [0.5, 0.6) is 0 Å². The molecule has 0 amide bonds. The smallest absolute Gasteiger partial charge is 0.0716 e. The quantitative estimate of drug-likeness (QED) is 0.757. The molecule has 1 aromatic carbocycles. The van der Waals surface area contributed by atoms with Gasteiger partial charge in [0.05, 0.1) is 6.61 Å². The van der Waals surface area contributed by atoms with Crippen molar-refractivity contribution < 1.29 is 4.74 Å². The first-order valence-electron chi connectivity index (χ1n) is 7.55. The van der Waals surface area contributed by atoms with Crippen LogP contribution in [0.15, 0.2) is 48.8 Å². The van der Waals surface area contributed by atoms with Gasteiger partial charge in [-0.15, -0.1) is 0 Å². The van der Waals surface area contributed by atoms with E-state index in [1.807, 2.05) is 12.4 Å². The summed E-state index contributed by atoms with van der Waals surface area (Å²) in [6, 6.07) is 12.7. The van der Waals surface area contributed by atoms with Gasteiger partial charge in [0.25, 0.3) is 0 Å². The van der Waals surface area contributed by atoms with Crippen LogP contribution in [-0.4, -0.2) is 18.1 Å². The van der Waals surface area contributed by atoms with Crippen LogP contribution in [0.2, 0.25) is 0 Å². The molecule has 1 aromatic heterocycles. The lowest BCUT2D eigenvalue weighted by Gasteiger charge is -2.10. The van der Waals surface area contributed by atoms with E-state index in [1.165, 1.54) is 16.7 Å². The van der Waals surface area contributed by atoms with Crippen LogP contribution in [0.3, 0.4) is 0 Å². The SMILES string of the molecule is CC(CN)c1ccc(COCCCc2ccncc2)cc1. The minimum atomic E-state index is 0.417. The zero-order chi connectivity index (χ0) is 14.9. The lowest BCUT2D eigenvalue weighted by atomic mass is 10.0. The van der Waals surface area contributed by atoms with E-state index in [2.05, 4.69) is 48.3 Å². The molecule has 0 bridgehead atoms. The topological polar surface area (TPSA) is 48.1 Å². The summed E-state index contributed by atoms with van der Waals surface area (Å²) in [7, 11) is 0. The van der Waals surface area contributed by atoms with Crippen molar-refractivity contribution in [2.45, 2.75) is 32.3 Å². The van der Waals surface area contributed by atoms with Gasteiger partial charge in [0.2, 0.25) is 0 Å². The van der Waals surface area contributed by atoms with Crippen LogP contribution >= 0.6 is 0 Å². The maximum Gasteiger partial charge on any atom is 0.0716 e. The molecule has 1 heterocycles. The molecule has 2 rings (SSSR count). The Bertz CT molecular complexity index is 511. The lowest BCUT2D eigenvalue weighted by Crippen LogP contribution is -2.08. The summed E-state index contributed by atoms with van der Waals surface area (Å²) in [4.78, 5) is 4.02. The van der Waals surface area contributed by atoms with Crippen LogP contribution in [0.25, 0.3) is 0 Å². The number of hydrogen-bond acceptors (Lipinski definition) is 3. The highest BCUT2D eigenvalue weighted by molar-refractivity contribution is 5.24. The summed E-state index contributed by atoms with van der Waals surface area (Å²) in [5.74, 6) is 0.417. The molecular weight excluding hydrogens is 260 g/mol. The molecule has 0 fully saturated rings. The summed E-state index contributed by atoms with van der Waals surface area (Å²) in [5, 5.41) is 0. The fourth-order valence-corrected chi connectivity index (χ4v) is 2.20. The molecule has 0 spiro atoms. The minimum absolute atomic E-state index is 0.417. The van der Waals surface area contributed by atoms with E-state index >= 15 is 0 Å². The molecule has 0 saturated carbocycles. The highest BCUT2D eigenvalue weighted by atomic mass is 16.5. The third kappa shape index (κ3) is 5.29. The minimum Gasteiger partial charge on any atom is -0.377 e. The summed E-state index contributed by atoms with van der Waals surface area (Å²) < 4.78 is 5.73. The van der Waals surface area contributed by atoms with Gasteiger partial charge in [0.15, 0.2) is 0 Å². The number of rotatable bonds is 8. The Morgan fingerprint density at radius 2 is 1.76 bits per heavy atom. The van der Waals surface area contributed by atoms with Crippen LogP contribution in [0.4, 0.5) is 0 Å². The van der Waals surface area contributed by atoms with E-state index in [4.69, 9.17) is 10.5 Å². The predicted octanol–water partition coefficient (Wildman–Crippen LogP) is 3.29. The Labute approximate surface area is 127 Å². The molecular formula is C18H24N2O. The Kier molecular flexibility index (Phi) is 6.38. The van der Waals surface area contributed by atoms with Gasteiger partial charge in [-0.25, -0.2) is 0 Å². The first kappa shape index (κ1) is 15.7. The van der Waals surface area contributed by atoms with Gasteiger partial charge < -0.3 is 10.5 Å². The monoisotopic (exact) mass is 284 g/mol. The summed E-state index contributed by atoms with van der Waals surface area (Å²) >= 11 is 0. The highest BCUT2D eigenvalue weighted by Crippen LogP contribution is 2.15. The fourth-order valence-electron chi connectivity index (χ4n) is 2.20. The maximum atomic E-state index is 5.73. The second-order valence-corrected chi connectivity index (χ2v) is 5.39. The van der Waals surface area contributed by atoms with Gasteiger partial charge in [0.1, 0.15) is 0 Å². The number of nitrogens with two attached hydrogens (primary N) is 1. The Morgan fingerprint density at radius 1 is 1.05 bits per heavy atom. The molecule has 0 aliphatic carbocycles. The van der Waals surface area contributed by atoms with E-state index in [1.54, 1.807) is 0 Å². The first-order chi connectivity index (χ1) is 10.3. The standard InChI is InChI=1S/C18H24N2O/c1-15(13-19)18-6-4-17(5-7-18)14-21-12-2-3-16-8-10-20-11-9-16/h4-11,15H,2-3,12-14,19H2,1H3. The van der Waals surface area contributed by atoms with Crippen molar-refractivity contribution in [3.63, 3.8) is 0 Å². The number of ether oxygens (including phenoxy) is 1. The second-order valence-electron chi connectivity index (χ2n) is 5.39. The Hall–Kier alpha value is -1.71. The molecule has 3 heteroatoms. The molecule has 0 aliphatic heterocycles. The van der Waals surface area contributed by atoms with Crippen LogP contribution in [-0.2, 0) is 17.8 Å². The zero-order valence-electron chi connectivity index (χ0n) is 12.7. The first-order valence-corrected chi connectivity index (χ1v) is 7.55. The summed E-state index contributed by atoms with van der Waals surface area (Å²) in [6.07, 6.45) is 5.74. The Balaban J connectivity index is 1.67. The van der Waals surface area contributed by atoms with Crippen molar-refractivity contribution in [3.8, 4) is 0 Å². The summed E-state index contributed by atoms with van der Waals surface area (Å²) in [6.45, 7) is 4.28. The molecule has 112 valence electrons. The van der Waals surface area contributed by atoms with Gasteiger partial charge in [0, 0.05) is 19.0 Å². The van der Waals surface area contributed by atoms with Crippen LogP contribution in [0.1, 0.15) is 36.0 Å². The molecule has 0 radical (unpaired) electrons. The third-order valence-electron chi connectivity index (χ3n) is 3.67. The van der Waals surface area contributed by atoms with Gasteiger partial charge in [-0.05, 0) is 54.1 Å². The van der Waals surface area contributed by atoms with Crippen molar-refractivity contribution in [3.05, 3.63) is 65.5 Å². The van der Waals surface area contributed by atoms with Gasteiger partial charge in [-0.2, -0.15) is 0 Å². The van der Waals surface area contributed by atoms with Crippen molar-refractivity contribution in [1.82, 2.24) is 4.98 Å². The van der Waals surface area contributed by atoms with Crippen molar-refractivity contribution in [2.75, 3.05) is 13.2 Å². The summed E-state index contributed by atoms with van der Waals surface area (Å²) in [5.41, 5.74) is 9.49. The molecule has 1 unspecified atom stereocenters. The van der Waals surface area contributed by atoms with E-state index in [-0.39, 0.29) is 0 Å². The normalized spacial score (nSPS) is 12.3. The van der Waals surface area contributed by atoms with Crippen LogP contribution in [0, 0.1) is 0 Å². The average molecular weight is 284 g/mol. The van der Waals surface area contributed by atoms with Crippen molar-refractivity contribution in [1.29, 1.82) is 0 Å². The lowest BCUT2D eigenvalue weighted by molar-refractivity contribution is 0.118. The number of pyridine rings is 1. The molecule has 21 heavy (non-hydrogen) atoms. The van der Waals surface area contributed by atoms with Crippen molar-refractivity contribution in [2.24, 2.45) is 5.73 Å². The van der Waals surface area contributed by atoms with E-state index < -0.39 is 0 Å². The van der Waals surface area contributed by atoms with Crippen molar-refractivity contribution >= 4 is 0 Å². The van der Waals surface area contributed by atoms with E-state index in [9.17, 15) is 0 Å². The molecule has 2 aromatic rings. The average Bonchev–Trinajstić information content (AvgIpc) is 2.55. The van der Waals surface area contributed by atoms with Gasteiger partial charge in [-0.1, -0.05) is 31.2 Å². The van der Waals surface area contributed by atoms with Crippen LogP contribution < -0.4 is 5.73 Å². The van der Waals surface area contributed by atoms with Gasteiger partial charge >= 0.3 is 0 Å². The van der Waals surface area contributed by atoms with E-state index in [0.29, 0.717) is 19.1 Å². The highest BCUT2D eigenvalue weighted by Gasteiger charge is 2.02. The van der Waals surface area contributed by atoms with Gasteiger partial charge in [-0.3, -0.25) is 4.98 Å². The predicted molar refractivity (Wildman–Crippen MR) is 86.1 cm³/mol. The third-order valence-corrected chi connectivity index (χ3v) is 3.67. The van der Waals surface area contributed by atoms with E-state index in [0.717, 1.165) is 19.4 Å². The largest absolute Gasteiger partial charge is 0.377 e. The number of aromatic nitrogens is 1. The molecule has 1 atom stereocenters. The second kappa shape index (κ2) is 8.55. The molecule has 0 aliphatic rings. The maximum absolute atomic E-state index is 5.73. The Morgan fingerprint density at radius 3 is 2.43 bits per heavy atom. The molecule has 0 saturated heterocycles. The number of hydrogen-bond donors (Lipinski definition) is 1. The fraction of sp³-hybridized carbons (Fsp3) is 0.389. The molecule has 3 nitrogen and oxygen atoms in total. The zero-order valence-corrected chi connectivity index (χ0v) is 12.7. The number of benzene rings is 1. The number of nitrogens with zero attached hydrogens (tertiary/aromatic N) is 1. The molecule has 2 N–H and O–H groups in total. The number of aryl methyl sites for hydroxylation is 1.